The first kappa shape index (κ1) is 14.0. The molecule has 22 heavy (non-hydrogen) atoms. The smallest absolute Gasteiger partial charge is 0.341 e. The number of benzene rings is 2. The predicted octanol–water partition coefficient (Wildman–Crippen LogP) is 3.23. The lowest BCUT2D eigenvalue weighted by molar-refractivity contribution is 0.0695. The van der Waals surface area contributed by atoms with Gasteiger partial charge in [-0.1, -0.05) is 24.3 Å². The fraction of sp³-hybridized carbons (Fsp3) is 0.118. The molecule has 1 aromatic heterocycles. The Hall–Kier alpha value is -2.95. The van der Waals surface area contributed by atoms with Crippen molar-refractivity contribution in [1.29, 1.82) is 0 Å². The highest BCUT2D eigenvalue weighted by Crippen LogP contribution is 2.25. The van der Waals surface area contributed by atoms with Gasteiger partial charge in [-0.25, -0.2) is 4.79 Å². The minimum atomic E-state index is -1.15. The van der Waals surface area contributed by atoms with Crippen molar-refractivity contribution in [3.63, 3.8) is 0 Å². The number of anilines is 1. The average Bonchev–Trinajstić information content (AvgIpc) is 2.90. The molecule has 5 nitrogen and oxygen atoms in total. The molecule has 0 saturated heterocycles. The van der Waals surface area contributed by atoms with Crippen molar-refractivity contribution in [3.05, 3.63) is 59.8 Å². The van der Waals surface area contributed by atoms with Crippen LogP contribution in [0.4, 0.5) is 5.69 Å². The van der Waals surface area contributed by atoms with E-state index in [-0.39, 0.29) is 11.3 Å². The molecule has 0 bridgehead atoms. The van der Waals surface area contributed by atoms with Gasteiger partial charge in [0.05, 0.1) is 5.69 Å². The van der Waals surface area contributed by atoms with E-state index in [2.05, 4.69) is 16.4 Å². The van der Waals surface area contributed by atoms with Crippen LogP contribution in [0.3, 0.4) is 0 Å². The molecule has 0 aliphatic heterocycles. The molecule has 5 heteroatoms. The molecule has 0 unspecified atom stereocenters. The second-order valence-electron chi connectivity index (χ2n) is 5.04. The molecule has 3 rings (SSSR count). The number of aromatic hydroxyl groups is 1. The molecule has 0 aliphatic carbocycles. The van der Waals surface area contributed by atoms with Gasteiger partial charge in [0.2, 0.25) is 0 Å². The van der Waals surface area contributed by atoms with Crippen molar-refractivity contribution >= 4 is 22.6 Å². The van der Waals surface area contributed by atoms with Crippen LogP contribution in [0.25, 0.3) is 10.9 Å². The number of rotatable bonds is 5. The number of carboxylic acid groups (broad SMARTS) is 1. The van der Waals surface area contributed by atoms with Gasteiger partial charge in [0.15, 0.2) is 0 Å². The van der Waals surface area contributed by atoms with Gasteiger partial charge in [-0.2, -0.15) is 0 Å². The van der Waals surface area contributed by atoms with Crippen LogP contribution in [0.5, 0.6) is 5.75 Å². The minimum Gasteiger partial charge on any atom is -0.507 e. The standard InChI is InChI=1S/C17H16N2O3/c20-15-7-3-6-14(16(15)17(21)22)18-9-8-11-10-19-13-5-2-1-4-12(11)13/h1-7,10,18-20H,8-9H2,(H,21,22). The topological polar surface area (TPSA) is 85.3 Å². The number of carbonyl (C=O) groups is 1. The van der Waals surface area contributed by atoms with Crippen molar-refractivity contribution in [2.75, 3.05) is 11.9 Å². The summed E-state index contributed by atoms with van der Waals surface area (Å²) in [7, 11) is 0. The number of nitrogens with one attached hydrogen (secondary N) is 2. The van der Waals surface area contributed by atoms with E-state index in [1.807, 2.05) is 24.4 Å². The Balaban J connectivity index is 1.74. The van der Waals surface area contributed by atoms with Crippen molar-refractivity contribution in [2.24, 2.45) is 0 Å². The van der Waals surface area contributed by atoms with Crippen LogP contribution in [0, 0.1) is 0 Å². The largest absolute Gasteiger partial charge is 0.507 e. The molecule has 2 aromatic carbocycles. The van der Waals surface area contributed by atoms with Gasteiger partial charge in [-0.15, -0.1) is 0 Å². The van der Waals surface area contributed by atoms with Crippen LogP contribution in [0.15, 0.2) is 48.7 Å². The van der Waals surface area contributed by atoms with E-state index in [1.54, 1.807) is 12.1 Å². The Kier molecular flexibility index (Phi) is 3.70. The molecule has 0 radical (unpaired) electrons. The lowest BCUT2D eigenvalue weighted by Gasteiger charge is -2.10. The third-order valence-electron chi connectivity index (χ3n) is 3.64. The number of H-pyrrole nitrogens is 1. The summed E-state index contributed by atoms with van der Waals surface area (Å²) in [6.07, 6.45) is 2.71. The number of fused-ring (bicyclic) bond motifs is 1. The lowest BCUT2D eigenvalue weighted by Crippen LogP contribution is -2.09. The van der Waals surface area contributed by atoms with Crippen molar-refractivity contribution in [3.8, 4) is 5.75 Å². The Morgan fingerprint density at radius 1 is 1.14 bits per heavy atom. The Labute approximate surface area is 127 Å². The molecule has 0 spiro atoms. The van der Waals surface area contributed by atoms with Gasteiger partial charge in [-0.3, -0.25) is 0 Å². The molecule has 0 amide bonds. The zero-order valence-electron chi connectivity index (χ0n) is 11.8. The average molecular weight is 296 g/mol. The summed E-state index contributed by atoms with van der Waals surface area (Å²) in [5.41, 5.74) is 2.58. The molecule has 3 aromatic rings. The van der Waals surface area contributed by atoms with E-state index in [0.29, 0.717) is 12.2 Å². The quantitative estimate of drug-likeness (QED) is 0.582. The molecular weight excluding hydrogens is 280 g/mol. The summed E-state index contributed by atoms with van der Waals surface area (Å²) in [6.45, 7) is 0.575. The number of aromatic amines is 1. The zero-order valence-corrected chi connectivity index (χ0v) is 11.8. The SMILES string of the molecule is O=C(O)c1c(O)cccc1NCCc1c[nH]c2ccccc12. The maximum atomic E-state index is 11.2. The highest BCUT2D eigenvalue weighted by atomic mass is 16.4. The number of aromatic carboxylic acids is 1. The number of carboxylic acids is 1. The molecule has 0 saturated carbocycles. The second-order valence-corrected chi connectivity index (χ2v) is 5.04. The van der Waals surface area contributed by atoms with E-state index in [1.165, 1.54) is 17.0 Å². The van der Waals surface area contributed by atoms with Gasteiger partial charge in [0, 0.05) is 23.6 Å². The minimum absolute atomic E-state index is 0.0959. The predicted molar refractivity (Wildman–Crippen MR) is 85.6 cm³/mol. The summed E-state index contributed by atoms with van der Waals surface area (Å²) >= 11 is 0. The van der Waals surface area contributed by atoms with Gasteiger partial charge in [0.25, 0.3) is 0 Å². The summed E-state index contributed by atoms with van der Waals surface area (Å²) in [5, 5.41) is 23.1. The van der Waals surface area contributed by atoms with Gasteiger partial charge < -0.3 is 20.5 Å². The van der Waals surface area contributed by atoms with Crippen LogP contribution in [0.1, 0.15) is 15.9 Å². The third kappa shape index (κ3) is 2.61. The fourth-order valence-corrected chi connectivity index (χ4v) is 2.58. The molecular formula is C17H16N2O3. The maximum Gasteiger partial charge on any atom is 0.341 e. The molecule has 4 N–H and O–H groups in total. The first-order valence-electron chi connectivity index (χ1n) is 7.01. The fourth-order valence-electron chi connectivity index (χ4n) is 2.58. The summed E-state index contributed by atoms with van der Waals surface area (Å²) < 4.78 is 0. The zero-order chi connectivity index (χ0) is 15.5. The van der Waals surface area contributed by atoms with Crippen molar-refractivity contribution in [2.45, 2.75) is 6.42 Å². The van der Waals surface area contributed by atoms with Crippen LogP contribution >= 0.6 is 0 Å². The lowest BCUT2D eigenvalue weighted by atomic mass is 10.1. The Morgan fingerprint density at radius 3 is 2.77 bits per heavy atom. The van der Waals surface area contributed by atoms with Gasteiger partial charge in [-0.05, 0) is 30.2 Å². The van der Waals surface area contributed by atoms with E-state index >= 15 is 0 Å². The third-order valence-corrected chi connectivity index (χ3v) is 3.64. The summed E-state index contributed by atoms with van der Waals surface area (Å²) in [4.78, 5) is 14.4. The first-order chi connectivity index (χ1) is 10.7. The van der Waals surface area contributed by atoms with Crippen molar-refractivity contribution < 1.29 is 15.0 Å². The number of para-hydroxylation sites is 1. The molecule has 112 valence electrons. The summed E-state index contributed by atoms with van der Waals surface area (Å²) in [5.74, 6) is -1.38. The van der Waals surface area contributed by atoms with Crippen LogP contribution in [-0.4, -0.2) is 27.7 Å². The van der Waals surface area contributed by atoms with Crippen molar-refractivity contribution in [1.82, 2.24) is 4.98 Å². The maximum absolute atomic E-state index is 11.2. The molecule has 0 atom stereocenters. The van der Waals surface area contributed by atoms with Crippen LogP contribution < -0.4 is 5.32 Å². The highest BCUT2D eigenvalue weighted by Gasteiger charge is 2.14. The first-order valence-corrected chi connectivity index (χ1v) is 7.01. The number of phenols is 1. The number of hydrogen-bond acceptors (Lipinski definition) is 3. The second kappa shape index (κ2) is 5.81. The van der Waals surface area contributed by atoms with E-state index in [0.717, 1.165) is 11.9 Å². The molecule has 0 fully saturated rings. The molecule has 1 heterocycles. The van der Waals surface area contributed by atoms with Crippen LogP contribution in [-0.2, 0) is 6.42 Å². The Bertz CT molecular complexity index is 824. The van der Waals surface area contributed by atoms with Gasteiger partial charge in [0.1, 0.15) is 11.3 Å². The normalized spacial score (nSPS) is 10.7. The van der Waals surface area contributed by atoms with E-state index in [4.69, 9.17) is 5.11 Å². The number of aromatic nitrogens is 1. The highest BCUT2D eigenvalue weighted by molar-refractivity contribution is 5.97. The summed E-state index contributed by atoms with van der Waals surface area (Å²) in [6, 6.07) is 12.7. The van der Waals surface area contributed by atoms with E-state index in [9.17, 15) is 9.90 Å². The van der Waals surface area contributed by atoms with E-state index < -0.39 is 5.97 Å². The monoisotopic (exact) mass is 296 g/mol. The van der Waals surface area contributed by atoms with Crippen LogP contribution in [0.2, 0.25) is 0 Å². The number of hydrogen-bond donors (Lipinski definition) is 4. The van der Waals surface area contributed by atoms with Gasteiger partial charge >= 0.3 is 5.97 Å². The Morgan fingerprint density at radius 2 is 1.95 bits per heavy atom. The molecule has 0 aliphatic rings.